The fraction of sp³-hybridized carbons (Fsp3) is 0.824. The Bertz CT molecular complexity index is 1140. The molecule has 3 aliphatic rings. The molecule has 6 N–H and O–H groups in total. The van der Waals surface area contributed by atoms with E-state index in [1.807, 2.05) is 0 Å². The molecule has 0 aromatic heterocycles. The summed E-state index contributed by atoms with van der Waals surface area (Å²) in [6.45, 7) is 2.88. The third-order valence-electron chi connectivity index (χ3n) is 9.71. The molecular formula is C34H54N2O15. The molecule has 1 aliphatic heterocycles. The molecular weight excluding hydrogens is 676 g/mol. The summed E-state index contributed by atoms with van der Waals surface area (Å²) in [7, 11) is 0. The topological polar surface area (TPSA) is 258 Å². The van der Waals surface area contributed by atoms with Crippen molar-refractivity contribution < 1.29 is 73.7 Å². The molecule has 51 heavy (non-hydrogen) atoms. The zero-order chi connectivity index (χ0) is 37.8. The first-order chi connectivity index (χ1) is 24.1. The van der Waals surface area contributed by atoms with Crippen LogP contribution in [0, 0.1) is 11.8 Å². The highest BCUT2D eigenvalue weighted by Gasteiger charge is 2.42. The van der Waals surface area contributed by atoms with Crippen molar-refractivity contribution in [3.63, 3.8) is 0 Å². The summed E-state index contributed by atoms with van der Waals surface area (Å²) in [6.07, 6.45) is -7.69. The van der Waals surface area contributed by atoms with Crippen molar-refractivity contribution in [2.45, 2.75) is 140 Å². The Hall–Kier alpha value is -2.90. The van der Waals surface area contributed by atoms with Crippen molar-refractivity contribution in [3.8, 4) is 0 Å². The van der Waals surface area contributed by atoms with E-state index in [9.17, 15) is 59.4 Å². The van der Waals surface area contributed by atoms with E-state index in [1.165, 1.54) is 0 Å². The number of aliphatic hydroxyl groups is 6. The van der Waals surface area contributed by atoms with Gasteiger partial charge in [-0.3, -0.25) is 24.0 Å². The van der Waals surface area contributed by atoms with Crippen LogP contribution in [0.5, 0.6) is 0 Å². The van der Waals surface area contributed by atoms with E-state index >= 15 is 0 Å². The standard InChI is InChI=1S/C34H54N2O15/c1-19-15-23(31(45)33(47)29(19)43)49-13-5-7-21(37)17-35(25(39)9-3-4-10-28(42)51-36-26(40)11-12-27(36)41)18-22(38)8-6-14-50-24-16-20(2)30(44)34(48)32(24)46/h19-20,23-24,29-34,43-48H,3-18H2,1-2H3/t19-,20-,23-,24-,29-,30-,31-,32-,33-,34-/m1/s1. The van der Waals surface area contributed by atoms with Crippen LogP contribution in [0.1, 0.15) is 90.9 Å². The zero-order valence-electron chi connectivity index (χ0n) is 29.3. The predicted octanol–water partition coefficient (Wildman–Crippen LogP) is -1.30. The van der Waals surface area contributed by atoms with Crippen LogP contribution in [-0.2, 0) is 43.1 Å². The molecule has 17 heteroatoms. The largest absolute Gasteiger partial charge is 0.390 e. The highest BCUT2D eigenvalue weighted by molar-refractivity contribution is 6.01. The van der Waals surface area contributed by atoms with Gasteiger partial charge < -0.3 is 49.9 Å². The van der Waals surface area contributed by atoms with Crippen molar-refractivity contribution in [3.05, 3.63) is 0 Å². The summed E-state index contributed by atoms with van der Waals surface area (Å²) < 4.78 is 11.3. The van der Waals surface area contributed by atoms with Gasteiger partial charge in [-0.05, 0) is 50.4 Å². The molecule has 3 rings (SSSR count). The van der Waals surface area contributed by atoms with E-state index in [-0.39, 0.29) is 114 Å². The van der Waals surface area contributed by atoms with E-state index in [1.54, 1.807) is 13.8 Å². The zero-order valence-corrected chi connectivity index (χ0v) is 29.3. The lowest BCUT2D eigenvalue weighted by Gasteiger charge is -2.38. The van der Waals surface area contributed by atoms with Gasteiger partial charge in [0.25, 0.3) is 11.8 Å². The Morgan fingerprint density at radius 2 is 1.06 bits per heavy atom. The number of ketones is 2. The first kappa shape index (κ1) is 42.5. The maximum absolute atomic E-state index is 13.2. The van der Waals surface area contributed by atoms with Crippen LogP contribution < -0.4 is 0 Å². The minimum absolute atomic E-state index is 0.00216. The van der Waals surface area contributed by atoms with Gasteiger partial charge in [-0.15, -0.1) is 5.06 Å². The Kier molecular flexibility index (Phi) is 17.0. The van der Waals surface area contributed by atoms with Crippen LogP contribution in [-0.4, -0.2) is 151 Å². The van der Waals surface area contributed by atoms with Crippen molar-refractivity contribution in [1.82, 2.24) is 9.96 Å². The molecule has 2 aliphatic carbocycles. The molecule has 2 saturated carbocycles. The number of amides is 3. The van der Waals surface area contributed by atoms with Crippen LogP contribution in [0.15, 0.2) is 0 Å². The molecule has 1 saturated heterocycles. The van der Waals surface area contributed by atoms with Crippen molar-refractivity contribution in [1.29, 1.82) is 0 Å². The van der Waals surface area contributed by atoms with Gasteiger partial charge in [0.15, 0.2) is 11.6 Å². The molecule has 17 nitrogen and oxygen atoms in total. The van der Waals surface area contributed by atoms with Crippen LogP contribution in [0.25, 0.3) is 0 Å². The molecule has 0 bridgehead atoms. The summed E-state index contributed by atoms with van der Waals surface area (Å²) in [4.78, 5) is 80.3. The van der Waals surface area contributed by atoms with Gasteiger partial charge in [-0.1, -0.05) is 13.8 Å². The molecule has 0 aromatic rings. The van der Waals surface area contributed by atoms with Crippen molar-refractivity contribution in [2.24, 2.45) is 11.8 Å². The average Bonchev–Trinajstić information content (AvgIpc) is 3.40. The lowest BCUT2D eigenvalue weighted by Crippen LogP contribution is -2.53. The maximum Gasteiger partial charge on any atom is 0.333 e. The number of unbranched alkanes of at least 4 members (excludes halogenated alkanes) is 1. The van der Waals surface area contributed by atoms with E-state index in [2.05, 4.69) is 0 Å². The van der Waals surface area contributed by atoms with Crippen LogP contribution in [0.2, 0.25) is 0 Å². The van der Waals surface area contributed by atoms with Crippen LogP contribution in [0.3, 0.4) is 0 Å². The highest BCUT2D eigenvalue weighted by atomic mass is 16.7. The minimum Gasteiger partial charge on any atom is -0.390 e. The number of rotatable bonds is 20. The Labute approximate surface area is 296 Å². The number of carbonyl (C=O) groups excluding carboxylic acids is 6. The first-order valence-electron chi connectivity index (χ1n) is 17.8. The number of Topliss-reactive ketones (excluding diaryl/α,β-unsaturated/α-hetero) is 2. The SMILES string of the molecule is C[C@@H]1C[C@@H](OCCCC(=O)CN(CC(=O)CCCO[C@@H]2C[C@@H](C)[C@@H](O)[C@@H](O)[C@@H]2O)C(=O)CCCCC(=O)ON2C(=O)CCC2=O)[C@@H](O)[C@H](O)[C@@H]1O. The quantitative estimate of drug-likeness (QED) is 0.0628. The number of hydrogen-bond acceptors (Lipinski definition) is 15. The van der Waals surface area contributed by atoms with Crippen LogP contribution >= 0.6 is 0 Å². The minimum atomic E-state index is -1.35. The summed E-state index contributed by atoms with van der Waals surface area (Å²) >= 11 is 0. The van der Waals surface area contributed by atoms with Crippen LogP contribution in [0.4, 0.5) is 0 Å². The number of hydrogen-bond donors (Lipinski definition) is 6. The molecule has 0 radical (unpaired) electrons. The number of carbonyl (C=O) groups is 6. The van der Waals surface area contributed by atoms with E-state index in [0.29, 0.717) is 17.9 Å². The van der Waals surface area contributed by atoms with Gasteiger partial charge in [0.05, 0.1) is 37.5 Å². The summed E-state index contributed by atoms with van der Waals surface area (Å²) in [5.41, 5.74) is 0. The number of imide groups is 1. The number of ether oxygens (including phenoxy) is 2. The van der Waals surface area contributed by atoms with Gasteiger partial charge in [-0.2, -0.15) is 0 Å². The summed E-state index contributed by atoms with van der Waals surface area (Å²) in [5.74, 6) is -3.81. The molecule has 3 fully saturated rings. The number of aliphatic hydroxyl groups excluding tert-OH is 6. The second kappa shape index (κ2) is 20.4. The predicted molar refractivity (Wildman–Crippen MR) is 174 cm³/mol. The Morgan fingerprint density at radius 1 is 0.627 bits per heavy atom. The third-order valence-corrected chi connectivity index (χ3v) is 9.71. The van der Waals surface area contributed by atoms with E-state index < -0.39 is 72.5 Å². The lowest BCUT2D eigenvalue weighted by molar-refractivity contribution is -0.197. The lowest BCUT2D eigenvalue weighted by atomic mass is 9.82. The van der Waals surface area contributed by atoms with E-state index in [4.69, 9.17) is 14.3 Å². The Morgan fingerprint density at radius 3 is 1.51 bits per heavy atom. The third kappa shape index (κ3) is 12.6. The first-order valence-corrected chi connectivity index (χ1v) is 17.8. The summed E-state index contributed by atoms with van der Waals surface area (Å²) in [5, 5.41) is 60.8. The maximum atomic E-state index is 13.2. The monoisotopic (exact) mass is 730 g/mol. The molecule has 290 valence electrons. The van der Waals surface area contributed by atoms with Crippen molar-refractivity contribution >= 4 is 35.3 Å². The van der Waals surface area contributed by atoms with Gasteiger partial charge in [0.2, 0.25) is 5.91 Å². The normalized spacial score (nSPS) is 31.1. The second-order valence-electron chi connectivity index (χ2n) is 14.0. The average molecular weight is 731 g/mol. The van der Waals surface area contributed by atoms with Crippen molar-refractivity contribution in [2.75, 3.05) is 26.3 Å². The molecule has 1 heterocycles. The highest BCUT2D eigenvalue weighted by Crippen LogP contribution is 2.29. The van der Waals surface area contributed by atoms with Gasteiger partial charge in [0, 0.05) is 51.7 Å². The molecule has 0 spiro atoms. The van der Waals surface area contributed by atoms with Gasteiger partial charge in [0.1, 0.15) is 24.4 Å². The molecule has 10 atom stereocenters. The number of nitrogens with zero attached hydrogens (tertiary/aromatic N) is 2. The molecule has 0 aromatic carbocycles. The van der Waals surface area contributed by atoms with E-state index in [0.717, 1.165) is 4.90 Å². The fourth-order valence-electron chi connectivity index (χ4n) is 6.47. The molecule has 0 unspecified atom stereocenters. The molecule has 3 amide bonds. The smallest absolute Gasteiger partial charge is 0.333 e. The van der Waals surface area contributed by atoms with Gasteiger partial charge in [-0.25, -0.2) is 4.79 Å². The fourth-order valence-corrected chi connectivity index (χ4v) is 6.47. The summed E-state index contributed by atoms with van der Waals surface area (Å²) in [6, 6.07) is 0. The second-order valence-corrected chi connectivity index (χ2v) is 14.0. The number of hydroxylamine groups is 2. The van der Waals surface area contributed by atoms with Gasteiger partial charge >= 0.3 is 5.97 Å². The Balaban J connectivity index is 1.46.